The molecule has 1 aromatic heterocycles. The molecule has 148 valence electrons. The number of para-hydroxylation sites is 1. The van der Waals surface area contributed by atoms with Crippen LogP contribution < -0.4 is 16.0 Å². The molecule has 6 nitrogen and oxygen atoms in total. The highest BCUT2D eigenvalue weighted by Crippen LogP contribution is 2.30. The molecular formula is C18H8F5N3O3. The van der Waals surface area contributed by atoms with Gasteiger partial charge in [0.1, 0.15) is 23.3 Å². The Hall–Kier alpha value is -3.94. The van der Waals surface area contributed by atoms with Crippen LogP contribution in [-0.4, -0.2) is 9.55 Å². The highest BCUT2D eigenvalue weighted by Gasteiger charge is 2.33. The van der Waals surface area contributed by atoms with E-state index in [9.17, 15) is 31.5 Å². The van der Waals surface area contributed by atoms with Crippen LogP contribution >= 0.6 is 0 Å². The van der Waals surface area contributed by atoms with E-state index in [1.165, 1.54) is 23.2 Å². The normalized spacial score (nSPS) is 11.2. The number of hydrogen-bond donors (Lipinski definition) is 1. The molecule has 0 saturated carbocycles. The number of aromatic nitrogens is 2. The van der Waals surface area contributed by atoms with Gasteiger partial charge in [-0.05, 0) is 18.2 Å². The third-order valence-corrected chi connectivity index (χ3v) is 3.71. The average molecular weight is 409 g/mol. The van der Waals surface area contributed by atoms with Gasteiger partial charge in [-0.2, -0.15) is 18.4 Å². The van der Waals surface area contributed by atoms with Crippen LogP contribution in [0.3, 0.4) is 0 Å². The van der Waals surface area contributed by atoms with Crippen molar-refractivity contribution in [3.63, 3.8) is 0 Å². The summed E-state index contributed by atoms with van der Waals surface area (Å²) in [7, 11) is 0. The molecule has 2 aromatic carbocycles. The molecule has 0 spiro atoms. The molecule has 3 rings (SSSR count). The van der Waals surface area contributed by atoms with Gasteiger partial charge in [-0.1, -0.05) is 12.1 Å². The van der Waals surface area contributed by atoms with E-state index in [2.05, 4.69) is 0 Å². The second-order valence-electron chi connectivity index (χ2n) is 5.60. The Kier molecular flexibility index (Phi) is 4.94. The number of halogens is 5. The van der Waals surface area contributed by atoms with Crippen molar-refractivity contribution in [3.8, 4) is 23.3 Å². The molecule has 1 N–H and O–H groups in total. The van der Waals surface area contributed by atoms with Crippen LogP contribution in [-0.2, 0) is 6.18 Å². The summed E-state index contributed by atoms with van der Waals surface area (Å²) in [4.78, 5) is 25.5. The highest BCUT2D eigenvalue weighted by molar-refractivity contribution is 5.52. The number of ether oxygens (including phenoxy) is 1. The zero-order valence-corrected chi connectivity index (χ0v) is 14.1. The molecule has 0 unspecified atom stereocenters. The van der Waals surface area contributed by atoms with E-state index in [-0.39, 0.29) is 16.4 Å². The maximum atomic E-state index is 14.4. The van der Waals surface area contributed by atoms with Crippen molar-refractivity contribution in [3.05, 3.63) is 86.2 Å². The Bertz CT molecular complexity index is 1220. The first-order valence-electron chi connectivity index (χ1n) is 7.72. The van der Waals surface area contributed by atoms with E-state index in [0.717, 1.165) is 12.1 Å². The fourth-order valence-electron chi connectivity index (χ4n) is 2.41. The SMILES string of the molecule is N#Cc1cc(F)c(-n2c(=O)cc(C(F)(F)F)[nH]c2=O)cc1Oc1ccccc1F. The van der Waals surface area contributed by atoms with Gasteiger partial charge in [0.25, 0.3) is 5.56 Å². The maximum absolute atomic E-state index is 14.4. The second-order valence-corrected chi connectivity index (χ2v) is 5.60. The monoisotopic (exact) mass is 409 g/mol. The summed E-state index contributed by atoms with van der Waals surface area (Å²) < 4.78 is 71.7. The lowest BCUT2D eigenvalue weighted by Gasteiger charge is -2.13. The van der Waals surface area contributed by atoms with E-state index in [0.29, 0.717) is 6.07 Å². The number of hydrogen-bond acceptors (Lipinski definition) is 4. The number of benzene rings is 2. The summed E-state index contributed by atoms with van der Waals surface area (Å²) in [6.45, 7) is 0. The standard InChI is InChI=1S/C18H8F5N3O3/c19-10-3-1-2-4-13(10)29-14-6-12(11(20)5-9(14)8-24)26-16(27)7-15(18(21,22)23)25-17(26)28/h1-7H,(H,25,28). The van der Waals surface area contributed by atoms with Crippen LogP contribution in [0.2, 0.25) is 0 Å². The molecule has 0 fully saturated rings. The lowest BCUT2D eigenvalue weighted by molar-refractivity contribution is -0.141. The number of nitrogens with zero attached hydrogens (tertiary/aromatic N) is 2. The van der Waals surface area contributed by atoms with Gasteiger partial charge in [0, 0.05) is 12.1 Å². The number of aromatic amines is 1. The van der Waals surface area contributed by atoms with E-state index >= 15 is 0 Å². The Morgan fingerprint density at radius 1 is 1.00 bits per heavy atom. The molecule has 0 atom stereocenters. The van der Waals surface area contributed by atoms with Crippen molar-refractivity contribution in [2.24, 2.45) is 0 Å². The van der Waals surface area contributed by atoms with Gasteiger partial charge < -0.3 is 9.72 Å². The van der Waals surface area contributed by atoms with Gasteiger partial charge in [0.2, 0.25) is 0 Å². The predicted molar refractivity (Wildman–Crippen MR) is 88.8 cm³/mol. The van der Waals surface area contributed by atoms with Crippen molar-refractivity contribution in [1.82, 2.24) is 9.55 Å². The van der Waals surface area contributed by atoms with E-state index in [1.807, 2.05) is 0 Å². The van der Waals surface area contributed by atoms with Gasteiger partial charge in [0.15, 0.2) is 11.6 Å². The zero-order chi connectivity index (χ0) is 21.3. The molecule has 0 radical (unpaired) electrons. The van der Waals surface area contributed by atoms with Crippen LogP contribution in [0, 0.1) is 23.0 Å². The minimum absolute atomic E-state index is 0.0798. The second kappa shape index (κ2) is 7.23. The fraction of sp³-hybridized carbons (Fsp3) is 0.0556. The zero-order valence-electron chi connectivity index (χ0n) is 14.1. The van der Waals surface area contributed by atoms with Crippen LogP contribution in [0.5, 0.6) is 11.5 Å². The van der Waals surface area contributed by atoms with Crippen LogP contribution in [0.1, 0.15) is 11.3 Å². The third-order valence-electron chi connectivity index (χ3n) is 3.71. The molecule has 0 aliphatic rings. The predicted octanol–water partition coefficient (Wildman–Crippen LogP) is 3.49. The summed E-state index contributed by atoms with van der Waals surface area (Å²) >= 11 is 0. The smallest absolute Gasteiger partial charge is 0.431 e. The minimum atomic E-state index is -5.00. The van der Waals surface area contributed by atoms with E-state index < -0.39 is 51.8 Å². The molecule has 3 aromatic rings. The van der Waals surface area contributed by atoms with Gasteiger partial charge in [-0.3, -0.25) is 4.79 Å². The first kappa shape index (κ1) is 19.8. The highest BCUT2D eigenvalue weighted by atomic mass is 19.4. The maximum Gasteiger partial charge on any atom is 0.431 e. The Morgan fingerprint density at radius 2 is 1.69 bits per heavy atom. The topological polar surface area (TPSA) is 87.9 Å². The van der Waals surface area contributed by atoms with Gasteiger partial charge >= 0.3 is 11.9 Å². The van der Waals surface area contributed by atoms with Crippen LogP contribution in [0.4, 0.5) is 22.0 Å². The summed E-state index contributed by atoms with van der Waals surface area (Å²) in [5.41, 5.74) is -5.83. The number of alkyl halides is 3. The molecule has 1 heterocycles. The lowest BCUT2D eigenvalue weighted by Crippen LogP contribution is -2.36. The summed E-state index contributed by atoms with van der Waals surface area (Å²) in [6.07, 6.45) is -5.00. The third kappa shape index (κ3) is 3.86. The van der Waals surface area contributed by atoms with Crippen molar-refractivity contribution in [2.45, 2.75) is 6.18 Å². The molecule has 0 bridgehead atoms. The van der Waals surface area contributed by atoms with E-state index in [1.54, 1.807) is 6.07 Å². The van der Waals surface area contributed by atoms with Gasteiger partial charge in [-0.25, -0.2) is 18.1 Å². The number of nitriles is 1. The van der Waals surface area contributed by atoms with Gasteiger partial charge in [-0.15, -0.1) is 0 Å². The first-order valence-corrected chi connectivity index (χ1v) is 7.72. The molecule has 29 heavy (non-hydrogen) atoms. The average Bonchev–Trinajstić information content (AvgIpc) is 2.64. The summed E-state index contributed by atoms with van der Waals surface area (Å²) in [6, 6.07) is 8.07. The fourth-order valence-corrected chi connectivity index (χ4v) is 2.41. The van der Waals surface area contributed by atoms with E-state index in [4.69, 9.17) is 10.00 Å². The number of rotatable bonds is 3. The largest absolute Gasteiger partial charge is 0.453 e. The Labute approximate surface area is 158 Å². The molecule has 0 amide bonds. The Morgan fingerprint density at radius 3 is 2.28 bits per heavy atom. The molecular weight excluding hydrogens is 401 g/mol. The molecule has 0 aliphatic heterocycles. The minimum Gasteiger partial charge on any atom is -0.453 e. The van der Waals surface area contributed by atoms with Crippen LogP contribution in [0.25, 0.3) is 5.69 Å². The molecule has 0 aliphatic carbocycles. The first-order chi connectivity index (χ1) is 13.6. The Balaban J connectivity index is 2.20. The van der Waals surface area contributed by atoms with Crippen LogP contribution in [0.15, 0.2) is 52.1 Å². The lowest BCUT2D eigenvalue weighted by atomic mass is 10.1. The van der Waals surface area contributed by atoms with Gasteiger partial charge in [0.05, 0.1) is 11.3 Å². The van der Waals surface area contributed by atoms with Crippen molar-refractivity contribution < 1.29 is 26.7 Å². The summed E-state index contributed by atoms with van der Waals surface area (Å²) in [5.74, 6) is -2.82. The molecule has 0 saturated heterocycles. The number of nitrogens with one attached hydrogen (secondary N) is 1. The van der Waals surface area contributed by atoms with Crippen molar-refractivity contribution in [2.75, 3.05) is 0 Å². The van der Waals surface area contributed by atoms with Crippen molar-refractivity contribution in [1.29, 1.82) is 5.26 Å². The quantitative estimate of drug-likeness (QED) is 0.671. The molecule has 11 heteroatoms. The summed E-state index contributed by atoms with van der Waals surface area (Å²) in [5, 5.41) is 9.13. The number of H-pyrrole nitrogens is 1. The van der Waals surface area contributed by atoms with Crippen molar-refractivity contribution >= 4 is 0 Å².